The van der Waals surface area contributed by atoms with Gasteiger partial charge in [0.05, 0.1) is 17.0 Å². The number of aromatic nitrogens is 3. The molecule has 2 rings (SSSR count). The molecule has 0 amide bonds. The molecule has 0 aromatic carbocycles. The maximum absolute atomic E-state index is 11.5. The SMILES string of the molecule is Cc1ncc(C[n+]2csc(CCOC(=O)CCCCl)c2C)c(N)n1. The molecule has 0 spiro atoms. The van der Waals surface area contributed by atoms with Gasteiger partial charge in [0.1, 0.15) is 11.6 Å². The van der Waals surface area contributed by atoms with E-state index in [9.17, 15) is 4.79 Å². The fraction of sp³-hybridized carbons (Fsp3) is 0.500. The second kappa shape index (κ2) is 8.94. The van der Waals surface area contributed by atoms with Crippen LogP contribution >= 0.6 is 22.9 Å². The summed E-state index contributed by atoms with van der Waals surface area (Å²) in [6, 6.07) is 0. The van der Waals surface area contributed by atoms with Gasteiger partial charge in [-0.25, -0.2) is 9.97 Å². The fourth-order valence-electron chi connectivity index (χ4n) is 2.21. The number of carbonyl (C=O) groups excluding carboxylic acids is 1. The molecule has 0 saturated heterocycles. The number of nitrogens with two attached hydrogens (primary N) is 1. The van der Waals surface area contributed by atoms with Crippen LogP contribution in [0.15, 0.2) is 11.7 Å². The highest BCUT2D eigenvalue weighted by Crippen LogP contribution is 2.14. The Kier molecular flexibility index (Phi) is 6.93. The average Bonchev–Trinajstić information content (AvgIpc) is 2.89. The first-order chi connectivity index (χ1) is 11.5. The highest BCUT2D eigenvalue weighted by atomic mass is 35.5. The van der Waals surface area contributed by atoms with Crippen molar-refractivity contribution in [3.05, 3.63) is 33.7 Å². The summed E-state index contributed by atoms with van der Waals surface area (Å²) in [6.45, 7) is 4.88. The van der Waals surface area contributed by atoms with Gasteiger partial charge in [0.15, 0.2) is 12.2 Å². The molecule has 0 fully saturated rings. The first-order valence-corrected chi connectivity index (χ1v) is 9.18. The molecule has 130 valence electrons. The highest BCUT2D eigenvalue weighted by Gasteiger charge is 2.17. The maximum Gasteiger partial charge on any atom is 0.305 e. The van der Waals surface area contributed by atoms with E-state index in [0.29, 0.717) is 49.9 Å². The number of anilines is 1. The number of ether oxygens (including phenoxy) is 1. The molecule has 6 nitrogen and oxygen atoms in total. The molecule has 24 heavy (non-hydrogen) atoms. The summed E-state index contributed by atoms with van der Waals surface area (Å²) in [5.41, 5.74) is 10.0. The molecule has 0 aliphatic heterocycles. The zero-order chi connectivity index (χ0) is 17.5. The molecular weight excluding hydrogens is 348 g/mol. The molecule has 0 bridgehead atoms. The monoisotopic (exact) mass is 369 g/mol. The number of carbonyl (C=O) groups is 1. The maximum atomic E-state index is 11.5. The van der Waals surface area contributed by atoms with E-state index in [1.807, 2.05) is 19.4 Å². The van der Waals surface area contributed by atoms with Gasteiger partial charge in [-0.15, -0.1) is 11.6 Å². The van der Waals surface area contributed by atoms with Gasteiger partial charge >= 0.3 is 5.97 Å². The molecule has 2 aromatic heterocycles. The van der Waals surface area contributed by atoms with Crippen molar-refractivity contribution in [2.24, 2.45) is 0 Å². The number of nitrogen functional groups attached to an aromatic ring is 1. The summed E-state index contributed by atoms with van der Waals surface area (Å²) in [5, 5.41) is 0. The van der Waals surface area contributed by atoms with Gasteiger partial charge in [-0.05, 0) is 13.3 Å². The number of alkyl halides is 1. The highest BCUT2D eigenvalue weighted by molar-refractivity contribution is 7.09. The minimum absolute atomic E-state index is 0.192. The molecule has 2 heterocycles. The van der Waals surface area contributed by atoms with Crippen molar-refractivity contribution in [2.45, 2.75) is 39.7 Å². The van der Waals surface area contributed by atoms with Gasteiger partial charge in [-0.1, -0.05) is 11.3 Å². The molecular formula is C16H22ClN4O2S+. The summed E-state index contributed by atoms with van der Waals surface area (Å²) in [5.74, 6) is 1.46. The molecule has 8 heteroatoms. The van der Waals surface area contributed by atoms with E-state index >= 15 is 0 Å². The lowest BCUT2D eigenvalue weighted by atomic mass is 10.2. The predicted molar refractivity (Wildman–Crippen MR) is 94.2 cm³/mol. The molecule has 0 unspecified atom stereocenters. The Hall–Kier alpha value is -1.73. The Balaban J connectivity index is 1.92. The van der Waals surface area contributed by atoms with Crippen LogP contribution in [0.1, 0.15) is 34.8 Å². The van der Waals surface area contributed by atoms with Crippen LogP contribution in [0.5, 0.6) is 0 Å². The van der Waals surface area contributed by atoms with Gasteiger partial charge in [0.2, 0.25) is 5.51 Å². The van der Waals surface area contributed by atoms with Crippen LogP contribution in [-0.2, 0) is 22.5 Å². The Morgan fingerprint density at radius 1 is 1.46 bits per heavy atom. The van der Waals surface area contributed by atoms with E-state index in [1.54, 1.807) is 17.5 Å². The van der Waals surface area contributed by atoms with E-state index in [1.165, 1.54) is 4.88 Å². The van der Waals surface area contributed by atoms with Crippen molar-refractivity contribution in [1.82, 2.24) is 9.97 Å². The minimum Gasteiger partial charge on any atom is -0.465 e. The van der Waals surface area contributed by atoms with Crippen LogP contribution < -0.4 is 10.3 Å². The molecule has 0 aliphatic carbocycles. The zero-order valence-corrected chi connectivity index (χ0v) is 15.5. The molecule has 0 radical (unpaired) electrons. The van der Waals surface area contributed by atoms with Crippen LogP contribution in [-0.4, -0.2) is 28.4 Å². The Morgan fingerprint density at radius 2 is 2.25 bits per heavy atom. The third kappa shape index (κ3) is 5.14. The van der Waals surface area contributed by atoms with Gasteiger partial charge in [-0.2, -0.15) is 4.57 Å². The van der Waals surface area contributed by atoms with E-state index in [2.05, 4.69) is 14.5 Å². The number of aryl methyl sites for hydroxylation is 1. The van der Waals surface area contributed by atoms with Crippen LogP contribution in [0.2, 0.25) is 0 Å². The van der Waals surface area contributed by atoms with Gasteiger partial charge in [0.25, 0.3) is 0 Å². The van der Waals surface area contributed by atoms with Crippen LogP contribution in [0.4, 0.5) is 5.82 Å². The second-order valence-electron chi connectivity index (χ2n) is 5.45. The van der Waals surface area contributed by atoms with Crippen molar-refractivity contribution in [3.63, 3.8) is 0 Å². The summed E-state index contributed by atoms with van der Waals surface area (Å²) < 4.78 is 7.33. The van der Waals surface area contributed by atoms with E-state index in [-0.39, 0.29) is 5.97 Å². The quantitative estimate of drug-likeness (QED) is 0.438. The molecule has 2 N–H and O–H groups in total. The van der Waals surface area contributed by atoms with Crippen LogP contribution in [0, 0.1) is 13.8 Å². The number of hydrogen-bond acceptors (Lipinski definition) is 6. The van der Waals surface area contributed by atoms with Crippen molar-refractivity contribution in [2.75, 3.05) is 18.2 Å². The molecule has 0 saturated carbocycles. The zero-order valence-electron chi connectivity index (χ0n) is 13.9. The van der Waals surface area contributed by atoms with E-state index < -0.39 is 0 Å². The standard InChI is InChI=1S/C16H22ClN4O2S/c1-11-14(5-7-23-15(22)4-3-6-17)24-10-21(11)9-13-8-19-12(2)20-16(13)18/h8,10H,3-7,9H2,1-2H3,(H2,18,19,20)/q+1. The molecule has 0 atom stereocenters. The summed E-state index contributed by atoms with van der Waals surface area (Å²) >= 11 is 7.20. The van der Waals surface area contributed by atoms with Crippen LogP contribution in [0.3, 0.4) is 0 Å². The molecule has 2 aromatic rings. The van der Waals surface area contributed by atoms with E-state index in [0.717, 1.165) is 11.3 Å². The van der Waals surface area contributed by atoms with Crippen molar-refractivity contribution in [3.8, 4) is 0 Å². The topological polar surface area (TPSA) is 82.0 Å². The Labute approximate surface area is 150 Å². The van der Waals surface area contributed by atoms with Crippen molar-refractivity contribution < 1.29 is 14.1 Å². The van der Waals surface area contributed by atoms with E-state index in [4.69, 9.17) is 22.1 Å². The summed E-state index contributed by atoms with van der Waals surface area (Å²) in [4.78, 5) is 21.1. The Morgan fingerprint density at radius 3 is 2.96 bits per heavy atom. The largest absolute Gasteiger partial charge is 0.465 e. The smallest absolute Gasteiger partial charge is 0.305 e. The predicted octanol–water partition coefficient (Wildman–Crippen LogP) is 2.18. The van der Waals surface area contributed by atoms with Crippen molar-refractivity contribution >= 4 is 34.7 Å². The fourth-order valence-corrected chi connectivity index (χ4v) is 3.32. The lowest BCUT2D eigenvalue weighted by Gasteiger charge is -2.03. The van der Waals surface area contributed by atoms with Gasteiger partial charge in [0, 0.05) is 31.8 Å². The minimum atomic E-state index is -0.192. The number of halogens is 1. The number of hydrogen-bond donors (Lipinski definition) is 1. The summed E-state index contributed by atoms with van der Waals surface area (Å²) in [7, 11) is 0. The average molecular weight is 370 g/mol. The lowest BCUT2D eigenvalue weighted by Crippen LogP contribution is -2.35. The van der Waals surface area contributed by atoms with Crippen LogP contribution in [0.25, 0.3) is 0 Å². The Bertz CT molecular complexity index is 705. The second-order valence-corrected chi connectivity index (χ2v) is 6.77. The number of nitrogens with zero attached hydrogens (tertiary/aromatic N) is 3. The third-order valence-electron chi connectivity index (χ3n) is 3.62. The van der Waals surface area contributed by atoms with Crippen molar-refractivity contribution in [1.29, 1.82) is 0 Å². The first-order valence-electron chi connectivity index (χ1n) is 7.77. The lowest BCUT2D eigenvalue weighted by molar-refractivity contribution is -0.689. The number of esters is 1. The third-order valence-corrected chi connectivity index (χ3v) is 5.03. The van der Waals surface area contributed by atoms with Gasteiger partial charge < -0.3 is 10.5 Å². The van der Waals surface area contributed by atoms with Gasteiger partial charge in [-0.3, -0.25) is 4.79 Å². The summed E-state index contributed by atoms with van der Waals surface area (Å²) in [6.07, 6.45) is 3.49. The number of rotatable bonds is 8. The normalized spacial score (nSPS) is 10.8. The number of thiazole rings is 1. The first kappa shape index (κ1) is 18.6. The molecule has 0 aliphatic rings.